The molecule has 206 valence electrons. The van der Waals surface area contributed by atoms with Gasteiger partial charge in [-0.1, -0.05) is 36.7 Å². The molecule has 2 aromatic rings. The number of hydrogen-bond acceptors (Lipinski definition) is 3. The van der Waals surface area contributed by atoms with Crippen LogP contribution in [0.15, 0.2) is 60.0 Å². The first-order chi connectivity index (χ1) is 17.8. The summed E-state index contributed by atoms with van der Waals surface area (Å²) >= 11 is 6.17. The second-order valence-electron chi connectivity index (χ2n) is 8.65. The molecule has 2 rings (SSSR count). The van der Waals surface area contributed by atoms with E-state index in [2.05, 4.69) is 0 Å². The zero-order chi connectivity index (χ0) is 28.5. The number of amides is 1. The summed E-state index contributed by atoms with van der Waals surface area (Å²) in [4.78, 5) is 25.2. The first kappa shape index (κ1) is 30.9. The minimum Gasteiger partial charge on any atom is -0.481 e. The molecule has 0 aliphatic heterocycles. The van der Waals surface area contributed by atoms with Crippen molar-refractivity contribution >= 4 is 23.7 Å². The van der Waals surface area contributed by atoms with Crippen LogP contribution in [0.5, 0.6) is 0 Å². The van der Waals surface area contributed by atoms with E-state index in [1.807, 2.05) is 0 Å². The van der Waals surface area contributed by atoms with Crippen LogP contribution in [0.25, 0.3) is 11.1 Å². The molecule has 0 spiro atoms. The van der Waals surface area contributed by atoms with Crippen molar-refractivity contribution in [2.75, 3.05) is 13.2 Å². The number of rotatable bonds is 11. The molecule has 0 aliphatic carbocycles. The first-order valence-electron chi connectivity index (χ1n) is 12.0. The maximum Gasteiger partial charge on any atom is 0.416 e. The molecular weight excluding hydrogens is 526 g/mol. The van der Waals surface area contributed by atoms with Crippen LogP contribution in [-0.2, 0) is 28.7 Å². The Kier molecular flexibility index (Phi) is 11.4. The highest BCUT2D eigenvalue weighted by Crippen LogP contribution is 2.35. The van der Waals surface area contributed by atoms with Gasteiger partial charge in [0.25, 0.3) is 0 Å². The van der Waals surface area contributed by atoms with E-state index in [9.17, 15) is 27.2 Å². The molecule has 2 aromatic carbocycles. The fourth-order valence-electron chi connectivity index (χ4n) is 3.63. The van der Waals surface area contributed by atoms with Crippen LogP contribution in [0, 0.1) is 0 Å². The third-order valence-corrected chi connectivity index (χ3v) is 5.84. The molecule has 0 atom stereocenters. The summed E-state index contributed by atoms with van der Waals surface area (Å²) in [6.45, 7) is 4.99. The Morgan fingerprint density at radius 3 is 2.42 bits per heavy atom. The summed E-state index contributed by atoms with van der Waals surface area (Å²) in [7, 11) is 0. The molecule has 1 N–H and O–H groups in total. The number of carboxylic acid groups (broad SMARTS) is 1. The fourth-order valence-corrected chi connectivity index (χ4v) is 3.89. The molecule has 5 nitrogen and oxygen atoms in total. The number of nitrogens with zero attached hydrogens (tertiary/aromatic N) is 1. The van der Waals surface area contributed by atoms with Crippen molar-refractivity contribution < 1.29 is 37.0 Å². The Labute approximate surface area is 224 Å². The molecule has 0 saturated heterocycles. The molecule has 38 heavy (non-hydrogen) atoms. The molecule has 1 amide bonds. The monoisotopic (exact) mass is 555 g/mol. The van der Waals surface area contributed by atoms with Crippen molar-refractivity contribution in [1.82, 2.24) is 4.90 Å². The molecular formula is C28H30ClF4NO4. The summed E-state index contributed by atoms with van der Waals surface area (Å²) in [5.41, 5.74) is 1.18. The Morgan fingerprint density at radius 1 is 1.11 bits per heavy atom. The van der Waals surface area contributed by atoms with Gasteiger partial charge in [-0.2, -0.15) is 13.2 Å². The lowest BCUT2D eigenvalue weighted by Crippen LogP contribution is -2.31. The van der Waals surface area contributed by atoms with Gasteiger partial charge >= 0.3 is 18.2 Å². The van der Waals surface area contributed by atoms with Gasteiger partial charge in [-0.15, -0.1) is 0 Å². The second-order valence-corrected chi connectivity index (χ2v) is 9.08. The predicted molar refractivity (Wildman–Crippen MR) is 139 cm³/mol. The van der Waals surface area contributed by atoms with Gasteiger partial charge in [-0.25, -0.2) is 9.18 Å². The molecule has 0 fully saturated rings. The van der Waals surface area contributed by atoms with E-state index in [4.69, 9.17) is 21.4 Å². The predicted octanol–water partition coefficient (Wildman–Crippen LogP) is 8.21. The molecule has 0 saturated carbocycles. The van der Waals surface area contributed by atoms with Crippen molar-refractivity contribution in [2.24, 2.45) is 0 Å². The minimum atomic E-state index is -4.61. The average Bonchev–Trinajstić information content (AvgIpc) is 2.84. The van der Waals surface area contributed by atoms with E-state index < -0.39 is 23.8 Å². The summed E-state index contributed by atoms with van der Waals surface area (Å²) in [6.07, 6.45) is -1.87. The number of carboxylic acids is 1. The van der Waals surface area contributed by atoms with Gasteiger partial charge in [-0.05, 0) is 84.9 Å². The number of benzene rings is 2. The van der Waals surface area contributed by atoms with Crippen LogP contribution >= 0.6 is 11.6 Å². The Morgan fingerprint density at radius 2 is 1.82 bits per heavy atom. The molecule has 0 radical (unpaired) electrons. The zero-order valence-corrected chi connectivity index (χ0v) is 22.1. The molecule has 10 heteroatoms. The number of halogens is 5. The minimum absolute atomic E-state index is 0.0563. The highest BCUT2D eigenvalue weighted by Gasteiger charge is 2.31. The van der Waals surface area contributed by atoms with E-state index in [1.165, 1.54) is 29.2 Å². The molecule has 0 unspecified atom stereocenters. The number of allylic oxidation sites excluding steroid dienone is 3. The summed E-state index contributed by atoms with van der Waals surface area (Å²) in [5, 5.41) is 9.36. The van der Waals surface area contributed by atoms with Crippen LogP contribution < -0.4 is 0 Å². The van der Waals surface area contributed by atoms with E-state index in [0.29, 0.717) is 35.1 Å². The van der Waals surface area contributed by atoms with E-state index in [-0.39, 0.29) is 42.5 Å². The summed E-state index contributed by atoms with van der Waals surface area (Å²) in [6, 6.07) is 7.71. The summed E-state index contributed by atoms with van der Waals surface area (Å²) in [5.74, 6) is -1.32. The van der Waals surface area contributed by atoms with Crippen molar-refractivity contribution in [3.63, 3.8) is 0 Å². The van der Waals surface area contributed by atoms with Crippen molar-refractivity contribution in [2.45, 2.75) is 52.8 Å². The number of alkyl halides is 3. The van der Waals surface area contributed by atoms with Crippen LogP contribution in [0.3, 0.4) is 0 Å². The van der Waals surface area contributed by atoms with Crippen LogP contribution in [0.1, 0.15) is 50.3 Å². The lowest BCUT2D eigenvalue weighted by Gasteiger charge is -2.23. The highest BCUT2D eigenvalue weighted by atomic mass is 35.5. The van der Waals surface area contributed by atoms with Gasteiger partial charge in [0.2, 0.25) is 0 Å². The van der Waals surface area contributed by atoms with Gasteiger partial charge < -0.3 is 14.7 Å². The SMILES string of the molecule is CC/C(F)=C\C/C=C(\C)COC(=O)N(CC)Cc1cc(C(F)(F)F)ccc1-c1cc(Cl)cc(CC(=O)O)c1. The number of hydrogen-bond donors (Lipinski definition) is 1. The Balaban J connectivity index is 2.34. The van der Waals surface area contributed by atoms with Crippen LogP contribution in [-0.4, -0.2) is 35.2 Å². The van der Waals surface area contributed by atoms with Crippen molar-refractivity contribution in [3.8, 4) is 11.1 Å². The van der Waals surface area contributed by atoms with E-state index in [0.717, 1.165) is 12.1 Å². The first-order valence-corrected chi connectivity index (χ1v) is 12.3. The number of carbonyl (C=O) groups excluding carboxylic acids is 1. The fraction of sp³-hybridized carbons (Fsp3) is 0.357. The van der Waals surface area contributed by atoms with Gasteiger partial charge in [-0.3, -0.25) is 4.79 Å². The van der Waals surface area contributed by atoms with Crippen LogP contribution in [0.2, 0.25) is 5.02 Å². The highest BCUT2D eigenvalue weighted by molar-refractivity contribution is 6.31. The quantitative estimate of drug-likeness (QED) is 0.224. The number of aliphatic carboxylic acids is 1. The van der Waals surface area contributed by atoms with E-state index in [1.54, 1.807) is 32.9 Å². The number of ether oxygens (including phenoxy) is 1. The Hall–Kier alpha value is -3.33. The lowest BCUT2D eigenvalue weighted by atomic mass is 9.95. The maximum absolute atomic E-state index is 13.5. The standard InChI is InChI=1S/C28H30ClF4NO4/c1-4-24(30)8-6-7-18(3)17-38-27(37)34(5-2)16-21-14-22(28(31,32)33)9-10-25(21)20-11-19(13-26(35)36)12-23(29)15-20/h7-12,14-15H,4-6,13,16-17H2,1-3H3,(H,35,36)/b18-7+,24-8+. The summed E-state index contributed by atoms with van der Waals surface area (Å²) < 4.78 is 59.1. The normalized spacial score (nSPS) is 12.4. The number of carbonyl (C=O) groups is 2. The third-order valence-electron chi connectivity index (χ3n) is 5.62. The average molecular weight is 556 g/mol. The molecule has 0 bridgehead atoms. The second kappa shape index (κ2) is 14.0. The lowest BCUT2D eigenvalue weighted by molar-refractivity contribution is -0.138. The molecule has 0 aromatic heterocycles. The smallest absolute Gasteiger partial charge is 0.416 e. The third kappa shape index (κ3) is 9.52. The van der Waals surface area contributed by atoms with Gasteiger partial charge in [0, 0.05) is 18.1 Å². The molecule has 0 aliphatic rings. The Bertz CT molecular complexity index is 1210. The van der Waals surface area contributed by atoms with Gasteiger partial charge in [0.1, 0.15) is 6.61 Å². The zero-order valence-electron chi connectivity index (χ0n) is 21.4. The van der Waals surface area contributed by atoms with Gasteiger partial charge in [0.05, 0.1) is 17.8 Å². The van der Waals surface area contributed by atoms with E-state index >= 15 is 0 Å². The van der Waals surface area contributed by atoms with Gasteiger partial charge in [0.15, 0.2) is 0 Å². The van der Waals surface area contributed by atoms with Crippen LogP contribution in [0.4, 0.5) is 22.4 Å². The van der Waals surface area contributed by atoms with Crippen molar-refractivity contribution in [1.29, 1.82) is 0 Å². The van der Waals surface area contributed by atoms with Crippen molar-refractivity contribution in [3.05, 3.63) is 81.7 Å². The topological polar surface area (TPSA) is 66.8 Å². The largest absolute Gasteiger partial charge is 0.481 e. The molecule has 0 heterocycles. The maximum atomic E-state index is 13.5.